The molecule has 0 rings (SSSR count). The van der Waals surface area contributed by atoms with E-state index in [2.05, 4.69) is 0 Å². The van der Waals surface area contributed by atoms with E-state index >= 15 is 0 Å². The molecule has 0 bridgehead atoms. The second-order valence-electron chi connectivity index (χ2n) is 0.766. The van der Waals surface area contributed by atoms with Crippen molar-refractivity contribution in [1.29, 1.82) is 5.41 Å². The molecule has 0 aliphatic carbocycles. The predicted octanol–water partition coefficient (Wildman–Crippen LogP) is -1.96. The van der Waals surface area contributed by atoms with Crippen molar-refractivity contribution < 1.29 is 4.79 Å². The van der Waals surface area contributed by atoms with Gasteiger partial charge in [0.15, 0.2) is 0 Å². The number of hydrazine groups is 1. The van der Waals surface area contributed by atoms with Gasteiger partial charge in [-0.25, -0.2) is 0 Å². The van der Waals surface area contributed by atoms with E-state index in [4.69, 9.17) is 11.1 Å². The van der Waals surface area contributed by atoms with E-state index in [9.17, 15) is 4.79 Å². The van der Waals surface area contributed by atoms with Crippen LogP contribution in [-0.2, 0) is 4.79 Å². The van der Waals surface area contributed by atoms with E-state index < -0.39 is 0 Å². The van der Waals surface area contributed by atoms with Crippen molar-refractivity contribution in [2.45, 2.75) is 0 Å². The Hall–Kier alpha value is -1.26. The molecule has 0 spiro atoms. The molecule has 0 aliphatic heterocycles. The molecule has 0 aromatic rings. The van der Waals surface area contributed by atoms with Crippen molar-refractivity contribution in [2.24, 2.45) is 5.73 Å². The zero-order chi connectivity index (χ0) is 5.70. The molecule has 0 atom stereocenters. The zero-order valence-electron chi connectivity index (χ0n) is 3.49. The highest BCUT2D eigenvalue weighted by Gasteiger charge is 1.77. The summed E-state index contributed by atoms with van der Waals surface area (Å²) in [5.41, 5.74) is 8.53. The summed E-state index contributed by atoms with van der Waals surface area (Å²) in [6.45, 7) is 0. The van der Waals surface area contributed by atoms with Crippen molar-refractivity contribution in [3.63, 3.8) is 0 Å². The van der Waals surface area contributed by atoms with Gasteiger partial charge in [0.1, 0.15) is 0 Å². The fraction of sp³-hybridized carbons (Fsp3) is 0. The quantitative estimate of drug-likeness (QED) is 0.141. The van der Waals surface area contributed by atoms with Crippen LogP contribution in [0.5, 0.6) is 0 Å². The summed E-state index contributed by atoms with van der Waals surface area (Å²) in [7, 11) is 0. The third kappa shape index (κ3) is 4.74. The summed E-state index contributed by atoms with van der Waals surface area (Å²) in [6.07, 6.45) is 1.27. The molecule has 5 nitrogen and oxygen atoms in total. The Bertz CT molecular complexity index is 79.8. The van der Waals surface area contributed by atoms with Gasteiger partial charge in [-0.3, -0.25) is 21.1 Å². The van der Waals surface area contributed by atoms with Gasteiger partial charge in [-0.05, 0) is 0 Å². The van der Waals surface area contributed by atoms with Gasteiger partial charge in [0.05, 0.1) is 0 Å². The summed E-state index contributed by atoms with van der Waals surface area (Å²) < 4.78 is 0. The average molecular weight is 101 g/mol. The Morgan fingerprint density at radius 3 is 2.57 bits per heavy atom. The molecule has 7 heavy (non-hydrogen) atoms. The van der Waals surface area contributed by atoms with Gasteiger partial charge < -0.3 is 5.73 Å². The molecular formula is C2H5N4O. The van der Waals surface area contributed by atoms with Crippen LogP contribution in [-0.4, -0.2) is 12.4 Å². The molecule has 5 heteroatoms. The van der Waals surface area contributed by atoms with Crippen molar-refractivity contribution in [3.05, 3.63) is 0 Å². The van der Waals surface area contributed by atoms with Crippen molar-refractivity contribution in [1.82, 2.24) is 10.9 Å². The Morgan fingerprint density at radius 2 is 2.43 bits per heavy atom. The monoisotopic (exact) mass is 101 g/mol. The standard InChI is InChI=1S/C2H5N4O/c3-2(4)6-5-1-7/h(H,5,7)(H4,3,4,6). The highest BCUT2D eigenvalue weighted by atomic mass is 16.1. The molecule has 0 aromatic carbocycles. The average Bonchev–Trinajstić information content (AvgIpc) is 1.61. The Labute approximate surface area is 40.4 Å². The lowest BCUT2D eigenvalue weighted by molar-refractivity contribution is 0.537. The molecule has 0 unspecified atom stereocenters. The number of carbonyl (C=O) groups excluding carboxylic acids is 1. The maximum absolute atomic E-state index is 9.26. The van der Waals surface area contributed by atoms with E-state index in [1.807, 2.05) is 10.9 Å². The number of nitrogens with one attached hydrogen (secondary N) is 3. The van der Waals surface area contributed by atoms with Gasteiger partial charge in [-0.15, -0.1) is 0 Å². The van der Waals surface area contributed by atoms with E-state index in [0.29, 0.717) is 0 Å². The molecule has 39 valence electrons. The lowest BCUT2D eigenvalue weighted by Crippen LogP contribution is -2.40. The van der Waals surface area contributed by atoms with Crippen LogP contribution < -0.4 is 16.6 Å². The fourth-order valence-corrected chi connectivity index (χ4v) is 0.0928. The van der Waals surface area contributed by atoms with Crippen LogP contribution >= 0.6 is 0 Å². The van der Waals surface area contributed by atoms with Gasteiger partial charge in [0.25, 0.3) is 0 Å². The summed E-state index contributed by atoms with van der Waals surface area (Å²) in [6, 6.07) is 0. The van der Waals surface area contributed by atoms with Gasteiger partial charge in [-0.1, -0.05) is 0 Å². The number of hydrogen-bond donors (Lipinski definition) is 4. The molecule has 5 N–H and O–H groups in total. The van der Waals surface area contributed by atoms with Gasteiger partial charge >= 0.3 is 6.41 Å². The van der Waals surface area contributed by atoms with E-state index in [0.717, 1.165) is 0 Å². The van der Waals surface area contributed by atoms with Crippen LogP contribution in [0.3, 0.4) is 0 Å². The van der Waals surface area contributed by atoms with E-state index in [1.165, 1.54) is 6.41 Å². The molecule has 0 fully saturated rings. The minimum absolute atomic E-state index is 0.316. The second-order valence-corrected chi connectivity index (χ2v) is 0.766. The number of rotatable bonds is 2. The fourth-order valence-electron chi connectivity index (χ4n) is 0.0928. The van der Waals surface area contributed by atoms with Crippen LogP contribution in [0.25, 0.3) is 0 Å². The first-order valence-electron chi connectivity index (χ1n) is 1.49. The molecular weight excluding hydrogens is 96.0 g/mol. The molecule has 0 saturated heterocycles. The maximum Gasteiger partial charge on any atom is 0.329 e. The Morgan fingerprint density at radius 1 is 1.86 bits per heavy atom. The third-order valence-corrected chi connectivity index (χ3v) is 0.248. The number of amides is 1. The van der Waals surface area contributed by atoms with Crippen LogP contribution in [0.1, 0.15) is 0 Å². The van der Waals surface area contributed by atoms with E-state index in [-0.39, 0.29) is 5.96 Å². The van der Waals surface area contributed by atoms with Gasteiger partial charge in [0.2, 0.25) is 5.96 Å². The van der Waals surface area contributed by atoms with Gasteiger partial charge in [-0.2, -0.15) is 0 Å². The van der Waals surface area contributed by atoms with Crippen molar-refractivity contribution in [2.75, 3.05) is 0 Å². The van der Waals surface area contributed by atoms with Crippen LogP contribution in [0.15, 0.2) is 0 Å². The topological polar surface area (TPSA) is 91.0 Å². The Kier molecular flexibility index (Phi) is 2.42. The summed E-state index contributed by atoms with van der Waals surface area (Å²) >= 11 is 0. The van der Waals surface area contributed by atoms with Crippen LogP contribution in [0.4, 0.5) is 0 Å². The lowest BCUT2D eigenvalue weighted by Gasteiger charge is -1.94. The summed E-state index contributed by atoms with van der Waals surface area (Å²) in [5, 5.41) is 6.42. The molecule has 0 aliphatic rings. The predicted molar refractivity (Wildman–Crippen MR) is 23.9 cm³/mol. The van der Waals surface area contributed by atoms with Crippen molar-refractivity contribution in [3.8, 4) is 0 Å². The van der Waals surface area contributed by atoms with Crippen molar-refractivity contribution >= 4 is 12.4 Å². The largest absolute Gasteiger partial charge is 0.369 e. The molecule has 1 radical (unpaired) electrons. The summed E-state index contributed by atoms with van der Waals surface area (Å²) in [5.74, 6) is -0.316. The minimum atomic E-state index is -0.316. The van der Waals surface area contributed by atoms with E-state index in [1.54, 1.807) is 0 Å². The second kappa shape index (κ2) is 2.95. The third-order valence-electron chi connectivity index (χ3n) is 0.248. The number of guanidine groups is 1. The normalized spacial score (nSPS) is 6.86. The highest BCUT2D eigenvalue weighted by Crippen LogP contribution is 1.34. The minimum Gasteiger partial charge on any atom is -0.369 e. The first-order valence-corrected chi connectivity index (χ1v) is 1.49. The smallest absolute Gasteiger partial charge is 0.329 e. The zero-order valence-corrected chi connectivity index (χ0v) is 3.49. The molecule has 0 saturated carbocycles. The van der Waals surface area contributed by atoms with Gasteiger partial charge in [0, 0.05) is 0 Å². The highest BCUT2D eigenvalue weighted by molar-refractivity contribution is 5.75. The SMILES string of the molecule is N=C(N)NN[C]=O. The molecule has 0 aromatic heterocycles. The lowest BCUT2D eigenvalue weighted by atomic mass is 11.1. The first kappa shape index (κ1) is 5.74. The number of hydrogen-bond acceptors (Lipinski definition) is 2. The summed E-state index contributed by atoms with van der Waals surface area (Å²) in [4.78, 5) is 9.26. The number of nitrogens with two attached hydrogens (primary N) is 1. The maximum atomic E-state index is 9.26. The van der Waals surface area contributed by atoms with Crippen LogP contribution in [0.2, 0.25) is 0 Å². The molecule has 0 heterocycles. The molecule has 1 amide bonds. The van der Waals surface area contributed by atoms with Crippen LogP contribution in [0, 0.1) is 5.41 Å². The Balaban J connectivity index is 2.97. The first-order chi connectivity index (χ1) is 3.27.